The Kier molecular flexibility index (Phi) is 3.85. The molecule has 0 N–H and O–H groups in total. The van der Waals surface area contributed by atoms with Crippen LogP contribution in [0, 0.1) is 0 Å². The number of nitrogens with zero attached hydrogens (tertiary/aromatic N) is 4. The van der Waals surface area contributed by atoms with Gasteiger partial charge in [-0.3, -0.25) is 0 Å². The molecule has 0 fully saturated rings. The second kappa shape index (κ2) is 6.16. The van der Waals surface area contributed by atoms with Crippen LogP contribution in [0.3, 0.4) is 0 Å². The van der Waals surface area contributed by atoms with Crippen molar-refractivity contribution in [3.05, 3.63) is 29.9 Å². The molecule has 8 nitrogen and oxygen atoms in total. The third-order valence-corrected chi connectivity index (χ3v) is 4.37. The summed E-state index contributed by atoms with van der Waals surface area (Å²) >= 11 is 1.37. The second-order valence-corrected chi connectivity index (χ2v) is 6.40. The van der Waals surface area contributed by atoms with Crippen LogP contribution in [0.5, 0.6) is 11.5 Å². The Hall–Kier alpha value is -2.55. The highest BCUT2D eigenvalue weighted by molar-refractivity contribution is 7.99. The second-order valence-electron chi connectivity index (χ2n) is 5.10. The summed E-state index contributed by atoms with van der Waals surface area (Å²) in [6.45, 7) is 4.15. The lowest BCUT2D eigenvalue weighted by Gasteiger charge is -2.01. The first kappa shape index (κ1) is 15.0. The molecule has 0 spiro atoms. The maximum Gasteiger partial charge on any atom is 0.277 e. The van der Waals surface area contributed by atoms with Gasteiger partial charge in [0.25, 0.3) is 5.22 Å². The molecular weight excluding hydrogens is 332 g/mol. The highest BCUT2D eigenvalue weighted by Crippen LogP contribution is 2.37. The number of ether oxygens (including phenoxy) is 2. The van der Waals surface area contributed by atoms with Gasteiger partial charge in [0.2, 0.25) is 18.6 Å². The van der Waals surface area contributed by atoms with Gasteiger partial charge in [-0.2, -0.15) is 4.98 Å². The fraction of sp³-hybridized carbons (Fsp3) is 0.333. The van der Waals surface area contributed by atoms with E-state index in [9.17, 15) is 0 Å². The highest BCUT2D eigenvalue weighted by atomic mass is 32.2. The van der Waals surface area contributed by atoms with Gasteiger partial charge >= 0.3 is 0 Å². The van der Waals surface area contributed by atoms with Crippen LogP contribution in [0.15, 0.2) is 32.4 Å². The Labute approximate surface area is 141 Å². The normalized spacial score (nSPS) is 14.1. The quantitative estimate of drug-likeness (QED) is 0.645. The molecule has 1 aromatic carbocycles. The van der Waals surface area contributed by atoms with Crippen LogP contribution >= 0.6 is 11.8 Å². The molecular formula is C15H14N4O4S. The van der Waals surface area contributed by atoms with Crippen molar-refractivity contribution in [2.75, 3.05) is 6.79 Å². The lowest BCUT2D eigenvalue weighted by molar-refractivity contribution is 0.174. The number of benzene rings is 1. The maximum atomic E-state index is 5.71. The molecule has 3 heterocycles. The zero-order valence-electron chi connectivity index (χ0n) is 13.1. The average Bonchev–Trinajstić information content (AvgIpc) is 3.33. The van der Waals surface area contributed by atoms with Gasteiger partial charge in [-0.25, -0.2) is 0 Å². The van der Waals surface area contributed by atoms with Gasteiger partial charge in [0.05, 0.1) is 5.25 Å². The van der Waals surface area contributed by atoms with E-state index in [1.54, 1.807) is 0 Å². The summed E-state index contributed by atoms with van der Waals surface area (Å²) in [6, 6.07) is 5.49. The van der Waals surface area contributed by atoms with Crippen LogP contribution < -0.4 is 9.47 Å². The molecule has 2 aromatic heterocycles. The van der Waals surface area contributed by atoms with Gasteiger partial charge in [-0.1, -0.05) is 23.8 Å². The third kappa shape index (κ3) is 2.82. The minimum atomic E-state index is -0.0807. The summed E-state index contributed by atoms with van der Waals surface area (Å²) in [6.07, 6.45) is 0.732. The van der Waals surface area contributed by atoms with Crippen molar-refractivity contribution in [1.82, 2.24) is 20.3 Å². The summed E-state index contributed by atoms with van der Waals surface area (Å²) in [4.78, 5) is 4.31. The van der Waals surface area contributed by atoms with Crippen molar-refractivity contribution >= 4 is 11.8 Å². The Bertz CT molecular complexity index is 863. The lowest BCUT2D eigenvalue weighted by Crippen LogP contribution is -1.92. The summed E-state index contributed by atoms with van der Waals surface area (Å²) in [7, 11) is 0. The molecule has 9 heteroatoms. The van der Waals surface area contributed by atoms with Crippen LogP contribution in [-0.2, 0) is 6.42 Å². The van der Waals surface area contributed by atoms with E-state index in [2.05, 4.69) is 20.3 Å². The minimum Gasteiger partial charge on any atom is -0.454 e. The van der Waals surface area contributed by atoms with Gasteiger partial charge < -0.3 is 18.4 Å². The predicted octanol–water partition coefficient (Wildman–Crippen LogP) is 3.26. The number of rotatable bonds is 5. The van der Waals surface area contributed by atoms with Crippen molar-refractivity contribution < 1.29 is 18.4 Å². The monoisotopic (exact) mass is 346 g/mol. The van der Waals surface area contributed by atoms with Crippen molar-refractivity contribution in [1.29, 1.82) is 0 Å². The lowest BCUT2D eigenvalue weighted by atomic mass is 10.2. The van der Waals surface area contributed by atoms with Gasteiger partial charge in [-0.05, 0) is 25.1 Å². The zero-order valence-corrected chi connectivity index (χ0v) is 13.9. The number of aryl methyl sites for hydroxylation is 1. The van der Waals surface area contributed by atoms with Crippen molar-refractivity contribution in [2.24, 2.45) is 0 Å². The molecule has 1 atom stereocenters. The highest BCUT2D eigenvalue weighted by Gasteiger charge is 2.20. The van der Waals surface area contributed by atoms with Crippen LogP contribution in [-0.4, -0.2) is 27.1 Å². The van der Waals surface area contributed by atoms with Crippen molar-refractivity contribution in [2.45, 2.75) is 30.7 Å². The van der Waals surface area contributed by atoms with E-state index in [0.717, 1.165) is 12.0 Å². The first-order valence-corrected chi connectivity index (χ1v) is 8.33. The molecule has 24 heavy (non-hydrogen) atoms. The number of fused-ring (bicyclic) bond motifs is 1. The van der Waals surface area contributed by atoms with Crippen molar-refractivity contribution in [3.63, 3.8) is 0 Å². The Balaban J connectivity index is 1.50. The van der Waals surface area contributed by atoms with Gasteiger partial charge in [0.1, 0.15) is 0 Å². The van der Waals surface area contributed by atoms with Crippen LogP contribution in [0.25, 0.3) is 11.5 Å². The number of thioether (sulfide) groups is 1. The maximum absolute atomic E-state index is 5.71. The smallest absolute Gasteiger partial charge is 0.277 e. The summed E-state index contributed by atoms with van der Waals surface area (Å²) in [5, 5.41) is 12.4. The molecule has 0 saturated heterocycles. The first-order chi connectivity index (χ1) is 11.7. The largest absolute Gasteiger partial charge is 0.454 e. The van der Waals surface area contributed by atoms with Gasteiger partial charge in [0.15, 0.2) is 17.3 Å². The molecule has 1 unspecified atom stereocenters. The molecule has 4 rings (SSSR count). The summed E-state index contributed by atoms with van der Waals surface area (Å²) in [5.41, 5.74) is 0.775. The van der Waals surface area contributed by atoms with Gasteiger partial charge in [-0.15, -0.1) is 10.2 Å². The number of hydrogen-bond donors (Lipinski definition) is 0. The summed E-state index contributed by atoms with van der Waals surface area (Å²) in [5.74, 6) is 3.03. The third-order valence-electron chi connectivity index (χ3n) is 3.45. The number of aromatic nitrogens is 4. The molecule has 0 aliphatic carbocycles. The predicted molar refractivity (Wildman–Crippen MR) is 83.8 cm³/mol. The van der Waals surface area contributed by atoms with Crippen molar-refractivity contribution in [3.8, 4) is 23.0 Å². The molecule has 0 bridgehead atoms. The average molecular weight is 346 g/mol. The molecule has 3 aromatic rings. The Morgan fingerprint density at radius 3 is 2.92 bits per heavy atom. The standard InChI is InChI=1S/C15H14N4O4S/c1-3-12-16-13(23-19-12)8(2)24-15-18-17-14(22-15)9-4-5-10-11(6-9)21-7-20-10/h4-6,8H,3,7H2,1-2H3. The molecule has 0 saturated carbocycles. The van der Waals surface area contributed by atoms with E-state index in [0.29, 0.717) is 34.3 Å². The topological polar surface area (TPSA) is 96.3 Å². The van der Waals surface area contributed by atoms with E-state index in [1.807, 2.05) is 32.0 Å². The van der Waals surface area contributed by atoms with E-state index in [4.69, 9.17) is 18.4 Å². The minimum absolute atomic E-state index is 0.0807. The molecule has 124 valence electrons. The van der Waals surface area contributed by atoms with Crippen LogP contribution in [0.4, 0.5) is 0 Å². The van der Waals surface area contributed by atoms with Crippen LogP contribution in [0.1, 0.15) is 30.8 Å². The Morgan fingerprint density at radius 2 is 2.08 bits per heavy atom. The van der Waals surface area contributed by atoms with Crippen LogP contribution in [0.2, 0.25) is 0 Å². The van der Waals surface area contributed by atoms with E-state index >= 15 is 0 Å². The first-order valence-electron chi connectivity index (χ1n) is 7.45. The molecule has 1 aliphatic heterocycles. The number of hydrogen-bond acceptors (Lipinski definition) is 9. The fourth-order valence-corrected chi connectivity index (χ4v) is 2.90. The van der Waals surface area contributed by atoms with Gasteiger partial charge in [0, 0.05) is 12.0 Å². The summed E-state index contributed by atoms with van der Waals surface area (Å²) < 4.78 is 21.6. The Morgan fingerprint density at radius 1 is 1.21 bits per heavy atom. The fourth-order valence-electron chi connectivity index (χ4n) is 2.18. The zero-order chi connectivity index (χ0) is 16.5. The molecule has 0 radical (unpaired) electrons. The molecule has 1 aliphatic rings. The SMILES string of the molecule is CCc1noc(C(C)Sc2nnc(-c3ccc4c(c3)OCO4)o2)n1. The van der Waals surface area contributed by atoms with E-state index in [1.165, 1.54) is 11.8 Å². The van der Waals surface area contributed by atoms with E-state index < -0.39 is 0 Å². The molecule has 0 amide bonds. The van der Waals surface area contributed by atoms with E-state index in [-0.39, 0.29) is 12.0 Å².